The van der Waals surface area contributed by atoms with E-state index in [1.807, 2.05) is 36.5 Å². The van der Waals surface area contributed by atoms with Gasteiger partial charge in [0.25, 0.3) is 11.5 Å². The number of ether oxygens (including phenoxy) is 3. The normalized spacial score (nSPS) is 19.3. The number of rotatable bonds is 9. The van der Waals surface area contributed by atoms with Gasteiger partial charge in [-0.15, -0.1) is 0 Å². The number of pyridine rings is 2. The molecule has 4 aromatic rings. The van der Waals surface area contributed by atoms with E-state index in [2.05, 4.69) is 20.1 Å². The molecule has 2 aromatic heterocycles. The Hall–Kier alpha value is -5.43. The van der Waals surface area contributed by atoms with Crippen molar-refractivity contribution in [3.05, 3.63) is 75.8 Å². The first-order chi connectivity index (χ1) is 24.2. The first-order valence-corrected chi connectivity index (χ1v) is 16.9. The van der Waals surface area contributed by atoms with Gasteiger partial charge in [0, 0.05) is 81.6 Å². The van der Waals surface area contributed by atoms with Crippen LogP contribution in [0.15, 0.2) is 53.6 Å². The highest BCUT2D eigenvalue weighted by atomic mass is 16.5. The molecular weight excluding hydrogens is 640 g/mol. The Morgan fingerprint density at radius 2 is 1.70 bits per heavy atom. The Bertz CT molecular complexity index is 2090. The van der Waals surface area contributed by atoms with Gasteiger partial charge in [0.05, 0.1) is 25.2 Å². The quantitative estimate of drug-likeness (QED) is 0.264. The molecule has 258 valence electrons. The molecule has 0 aliphatic carbocycles. The summed E-state index contributed by atoms with van der Waals surface area (Å²) in [6, 6.07) is 10.8. The average molecular weight is 679 g/mol. The van der Waals surface area contributed by atoms with Crippen LogP contribution in [0, 0.1) is 0 Å². The van der Waals surface area contributed by atoms with Crippen molar-refractivity contribution in [1.29, 1.82) is 0 Å². The molecular formula is C37H38N6O7. The number of nitrogens with one attached hydrogen (secondary N) is 1. The zero-order valence-electron chi connectivity index (χ0n) is 28.2. The number of imide groups is 1. The van der Waals surface area contributed by atoms with Gasteiger partial charge in [-0.05, 0) is 54.3 Å². The van der Waals surface area contributed by atoms with Gasteiger partial charge in [-0.2, -0.15) is 0 Å². The molecule has 1 unspecified atom stereocenters. The summed E-state index contributed by atoms with van der Waals surface area (Å²) < 4.78 is 19.7. The number of anilines is 1. The van der Waals surface area contributed by atoms with Crippen molar-refractivity contribution in [1.82, 2.24) is 24.7 Å². The van der Waals surface area contributed by atoms with Crippen molar-refractivity contribution < 1.29 is 28.6 Å². The molecule has 13 nitrogen and oxygen atoms in total. The van der Waals surface area contributed by atoms with Crippen LogP contribution in [0.3, 0.4) is 0 Å². The molecule has 2 aromatic carbocycles. The molecule has 4 aliphatic heterocycles. The van der Waals surface area contributed by atoms with Gasteiger partial charge in [0.1, 0.15) is 35.2 Å². The fourth-order valence-corrected chi connectivity index (χ4v) is 7.34. The molecule has 3 fully saturated rings. The number of likely N-dealkylation sites (tertiary alicyclic amines) is 1. The highest BCUT2D eigenvalue weighted by molar-refractivity contribution is 6.05. The minimum Gasteiger partial charge on any atom is -0.496 e. The van der Waals surface area contributed by atoms with E-state index in [-0.39, 0.29) is 29.9 Å². The number of aryl methyl sites for hydroxylation is 1. The Morgan fingerprint density at radius 1 is 0.940 bits per heavy atom. The standard InChI is InChI=1S/C37H38N6O7/c1-40-19-28(26-14-33(42-9-4-10-42)38-15-27(26)36(40)46)22-11-31(48-2)29(32(12-22)49-3)20-41-17-24(18-41)50-23-6-5-21-16-43(37(47)25(21)13-23)30-7-8-34(44)39-35(30)45/h5-6,11-15,19,24,30H,4,7-10,16-18,20H2,1-3H3,(H,39,44,45). The van der Waals surface area contributed by atoms with Gasteiger partial charge in [-0.3, -0.25) is 29.4 Å². The third-order valence-electron chi connectivity index (χ3n) is 10.3. The summed E-state index contributed by atoms with van der Waals surface area (Å²) in [5.74, 6) is 1.87. The number of carbonyl (C=O) groups excluding carboxylic acids is 3. The van der Waals surface area contributed by atoms with Crippen LogP contribution in [-0.2, 0) is 29.7 Å². The van der Waals surface area contributed by atoms with Gasteiger partial charge in [0.2, 0.25) is 11.8 Å². The van der Waals surface area contributed by atoms with E-state index in [9.17, 15) is 19.2 Å². The van der Waals surface area contributed by atoms with Crippen LogP contribution in [0.25, 0.3) is 21.9 Å². The number of aromatic nitrogens is 2. The minimum absolute atomic E-state index is 0.0711. The van der Waals surface area contributed by atoms with Crippen LogP contribution in [0.2, 0.25) is 0 Å². The summed E-state index contributed by atoms with van der Waals surface area (Å²) in [6.07, 6.45) is 5.13. The molecule has 1 atom stereocenters. The van der Waals surface area contributed by atoms with E-state index in [1.54, 1.807) is 38.1 Å². The summed E-state index contributed by atoms with van der Waals surface area (Å²) in [5, 5.41) is 3.73. The summed E-state index contributed by atoms with van der Waals surface area (Å²) in [7, 11) is 5.03. The lowest BCUT2D eigenvalue weighted by atomic mass is 9.98. The maximum atomic E-state index is 13.2. The Balaban J connectivity index is 0.972. The number of amides is 3. The largest absolute Gasteiger partial charge is 0.496 e. The van der Waals surface area contributed by atoms with Crippen molar-refractivity contribution >= 4 is 34.3 Å². The Kier molecular flexibility index (Phi) is 7.94. The molecule has 3 saturated heterocycles. The number of benzene rings is 2. The van der Waals surface area contributed by atoms with E-state index >= 15 is 0 Å². The Morgan fingerprint density at radius 3 is 2.38 bits per heavy atom. The maximum absolute atomic E-state index is 13.2. The van der Waals surface area contributed by atoms with Crippen LogP contribution < -0.4 is 30.0 Å². The lowest BCUT2D eigenvalue weighted by Gasteiger charge is -2.39. The highest BCUT2D eigenvalue weighted by Gasteiger charge is 2.39. The van der Waals surface area contributed by atoms with Crippen molar-refractivity contribution in [2.45, 2.75) is 44.5 Å². The van der Waals surface area contributed by atoms with Gasteiger partial charge >= 0.3 is 0 Å². The van der Waals surface area contributed by atoms with Gasteiger partial charge in [-0.25, -0.2) is 4.98 Å². The molecule has 0 radical (unpaired) electrons. The topological polar surface area (TPSA) is 136 Å². The fourth-order valence-electron chi connectivity index (χ4n) is 7.34. The third kappa shape index (κ3) is 5.51. The predicted octanol–water partition coefficient (Wildman–Crippen LogP) is 2.85. The molecule has 13 heteroatoms. The molecule has 3 amide bonds. The number of carbonyl (C=O) groups is 3. The van der Waals surface area contributed by atoms with E-state index in [0.29, 0.717) is 60.8 Å². The monoisotopic (exact) mass is 678 g/mol. The number of fused-ring (bicyclic) bond motifs is 2. The molecule has 8 rings (SSSR count). The zero-order valence-corrected chi connectivity index (χ0v) is 28.2. The zero-order chi connectivity index (χ0) is 34.7. The van der Waals surface area contributed by atoms with E-state index in [1.165, 1.54) is 4.90 Å². The number of piperidine rings is 1. The van der Waals surface area contributed by atoms with Crippen molar-refractivity contribution in [3.8, 4) is 28.4 Å². The summed E-state index contributed by atoms with van der Waals surface area (Å²) in [6.45, 7) is 4.15. The number of hydrogen-bond donors (Lipinski definition) is 1. The first-order valence-electron chi connectivity index (χ1n) is 16.9. The lowest BCUT2D eigenvalue weighted by molar-refractivity contribution is -0.136. The number of nitrogens with zero attached hydrogens (tertiary/aromatic N) is 5. The minimum atomic E-state index is -0.652. The molecule has 50 heavy (non-hydrogen) atoms. The van der Waals surface area contributed by atoms with Gasteiger partial charge < -0.3 is 28.6 Å². The van der Waals surface area contributed by atoms with Crippen LogP contribution in [0.1, 0.15) is 40.7 Å². The first kappa shape index (κ1) is 31.8. The van der Waals surface area contributed by atoms with Crippen LogP contribution in [-0.4, -0.2) is 89.6 Å². The second-order valence-corrected chi connectivity index (χ2v) is 13.4. The molecule has 0 saturated carbocycles. The molecule has 0 spiro atoms. The third-order valence-corrected chi connectivity index (χ3v) is 10.3. The fraction of sp³-hybridized carbons (Fsp3) is 0.378. The number of hydrogen-bond acceptors (Lipinski definition) is 10. The summed E-state index contributed by atoms with van der Waals surface area (Å²) >= 11 is 0. The maximum Gasteiger partial charge on any atom is 0.259 e. The lowest BCUT2D eigenvalue weighted by Crippen LogP contribution is -2.53. The number of methoxy groups -OCH3 is 2. The molecule has 6 heterocycles. The second kappa shape index (κ2) is 12.5. The van der Waals surface area contributed by atoms with Crippen molar-refractivity contribution in [2.75, 3.05) is 45.3 Å². The van der Waals surface area contributed by atoms with Crippen LogP contribution >= 0.6 is 0 Å². The Labute approximate surface area is 288 Å². The van der Waals surface area contributed by atoms with E-state index in [0.717, 1.165) is 53.0 Å². The highest BCUT2D eigenvalue weighted by Crippen LogP contribution is 2.39. The molecule has 4 aliphatic rings. The van der Waals surface area contributed by atoms with Gasteiger partial charge in [0.15, 0.2) is 0 Å². The van der Waals surface area contributed by atoms with Crippen LogP contribution in [0.5, 0.6) is 17.2 Å². The van der Waals surface area contributed by atoms with Crippen LogP contribution in [0.4, 0.5) is 5.82 Å². The summed E-state index contributed by atoms with van der Waals surface area (Å²) in [5.41, 5.74) is 3.93. The SMILES string of the molecule is COc1cc(-c2cn(C)c(=O)c3cnc(N4CCC4)cc23)cc(OC)c1CN1CC(Oc2ccc3c(c2)C(=O)N(C2CCC(=O)NC2=O)C3)C1. The average Bonchev–Trinajstić information content (AvgIpc) is 3.39. The smallest absolute Gasteiger partial charge is 0.259 e. The van der Waals surface area contributed by atoms with E-state index < -0.39 is 11.9 Å². The van der Waals surface area contributed by atoms with Crippen molar-refractivity contribution in [3.63, 3.8) is 0 Å². The molecule has 0 bridgehead atoms. The molecule has 1 N–H and O–H groups in total. The summed E-state index contributed by atoms with van der Waals surface area (Å²) in [4.78, 5) is 60.8. The predicted molar refractivity (Wildman–Crippen MR) is 185 cm³/mol. The van der Waals surface area contributed by atoms with Gasteiger partial charge in [-0.1, -0.05) is 6.07 Å². The van der Waals surface area contributed by atoms with E-state index in [4.69, 9.17) is 14.2 Å². The second-order valence-electron chi connectivity index (χ2n) is 13.4. The van der Waals surface area contributed by atoms with Crippen molar-refractivity contribution in [2.24, 2.45) is 7.05 Å².